The van der Waals surface area contributed by atoms with Crippen molar-refractivity contribution in [3.8, 4) is 0 Å². The fourth-order valence-electron chi connectivity index (χ4n) is 2.66. The summed E-state index contributed by atoms with van der Waals surface area (Å²) in [7, 11) is 0. The lowest BCUT2D eigenvalue weighted by Gasteiger charge is -2.22. The Morgan fingerprint density at radius 3 is 2.50 bits per heavy atom. The summed E-state index contributed by atoms with van der Waals surface area (Å²) < 4.78 is 0. The van der Waals surface area contributed by atoms with Crippen molar-refractivity contribution in [2.24, 2.45) is 0 Å². The molecule has 0 bridgehead atoms. The molecule has 92 valence electrons. The van der Waals surface area contributed by atoms with Gasteiger partial charge in [-0.15, -0.1) is 0 Å². The molecule has 1 aromatic heterocycles. The quantitative estimate of drug-likeness (QED) is 0.890. The fraction of sp³-hybridized carbons (Fsp3) is 0.312. The first kappa shape index (κ1) is 11.4. The van der Waals surface area contributed by atoms with E-state index in [0.29, 0.717) is 6.42 Å². The lowest BCUT2D eigenvalue weighted by Crippen LogP contribution is -2.28. The second kappa shape index (κ2) is 4.54. The molecule has 1 aliphatic rings. The largest absolute Gasteiger partial charge is 0.392 e. The van der Waals surface area contributed by atoms with Crippen LogP contribution in [0.2, 0.25) is 0 Å². The third-order valence-corrected chi connectivity index (χ3v) is 3.93. The zero-order valence-electron chi connectivity index (χ0n) is 10.3. The van der Waals surface area contributed by atoms with Crippen LogP contribution in [-0.4, -0.2) is 16.2 Å². The molecule has 1 N–H and O–H groups in total. The van der Waals surface area contributed by atoms with Gasteiger partial charge in [0.05, 0.1) is 6.10 Å². The normalized spacial score (nSPS) is 18.3. The standard InChI is InChI=1S/C16H17NO/c18-15(11-13-5-4-10-17-12-13)16(8-9-16)14-6-2-1-3-7-14/h1-7,10,12,15,18H,8-9,11H2. The summed E-state index contributed by atoms with van der Waals surface area (Å²) in [5.74, 6) is 0. The van der Waals surface area contributed by atoms with E-state index in [1.807, 2.05) is 36.5 Å². The topological polar surface area (TPSA) is 33.1 Å². The maximum atomic E-state index is 10.5. The molecule has 0 aliphatic heterocycles. The van der Waals surface area contributed by atoms with E-state index in [4.69, 9.17) is 0 Å². The van der Waals surface area contributed by atoms with Crippen LogP contribution in [0.1, 0.15) is 24.0 Å². The molecule has 1 aliphatic carbocycles. The van der Waals surface area contributed by atoms with Crippen molar-refractivity contribution in [3.05, 3.63) is 66.0 Å². The molecule has 0 radical (unpaired) electrons. The van der Waals surface area contributed by atoms with Crippen molar-refractivity contribution in [1.82, 2.24) is 4.98 Å². The lowest BCUT2D eigenvalue weighted by molar-refractivity contribution is 0.131. The molecule has 1 atom stereocenters. The first-order chi connectivity index (χ1) is 8.81. The van der Waals surface area contributed by atoms with Gasteiger partial charge in [-0.1, -0.05) is 36.4 Å². The van der Waals surface area contributed by atoms with Gasteiger partial charge in [-0.2, -0.15) is 0 Å². The van der Waals surface area contributed by atoms with Crippen LogP contribution in [0.5, 0.6) is 0 Å². The summed E-state index contributed by atoms with van der Waals surface area (Å²) in [6.45, 7) is 0. The van der Waals surface area contributed by atoms with Crippen LogP contribution in [0.25, 0.3) is 0 Å². The number of pyridine rings is 1. The molecule has 1 saturated carbocycles. The summed E-state index contributed by atoms with van der Waals surface area (Å²) in [4.78, 5) is 4.10. The minimum absolute atomic E-state index is 0.0168. The van der Waals surface area contributed by atoms with E-state index in [1.54, 1.807) is 6.20 Å². The molecule has 1 heterocycles. The van der Waals surface area contributed by atoms with Gasteiger partial charge >= 0.3 is 0 Å². The number of aromatic nitrogens is 1. The zero-order chi connectivity index (χ0) is 12.4. The highest BCUT2D eigenvalue weighted by atomic mass is 16.3. The minimum Gasteiger partial charge on any atom is -0.392 e. The molecule has 2 nitrogen and oxygen atoms in total. The Balaban J connectivity index is 1.79. The molecular formula is C16H17NO. The van der Waals surface area contributed by atoms with Crippen molar-refractivity contribution in [1.29, 1.82) is 0 Å². The SMILES string of the molecule is OC(Cc1cccnc1)C1(c2ccccc2)CC1. The van der Waals surface area contributed by atoms with Crippen LogP contribution >= 0.6 is 0 Å². The Morgan fingerprint density at radius 1 is 1.11 bits per heavy atom. The van der Waals surface area contributed by atoms with Gasteiger partial charge in [0.2, 0.25) is 0 Å². The van der Waals surface area contributed by atoms with E-state index in [0.717, 1.165) is 18.4 Å². The van der Waals surface area contributed by atoms with Gasteiger partial charge < -0.3 is 5.11 Å². The monoisotopic (exact) mass is 239 g/mol. The average Bonchev–Trinajstić information content (AvgIpc) is 3.22. The van der Waals surface area contributed by atoms with Gasteiger partial charge in [0.1, 0.15) is 0 Å². The summed E-state index contributed by atoms with van der Waals surface area (Å²) >= 11 is 0. The molecule has 18 heavy (non-hydrogen) atoms. The maximum Gasteiger partial charge on any atom is 0.0677 e. The number of aliphatic hydroxyl groups is 1. The third kappa shape index (κ3) is 2.04. The first-order valence-corrected chi connectivity index (χ1v) is 6.44. The summed E-state index contributed by atoms with van der Waals surface area (Å²) in [5, 5.41) is 10.5. The number of hydrogen-bond acceptors (Lipinski definition) is 2. The van der Waals surface area contributed by atoms with E-state index in [2.05, 4.69) is 17.1 Å². The van der Waals surface area contributed by atoms with Crippen molar-refractivity contribution in [3.63, 3.8) is 0 Å². The van der Waals surface area contributed by atoms with Crippen LogP contribution in [0.15, 0.2) is 54.9 Å². The van der Waals surface area contributed by atoms with Crippen LogP contribution in [-0.2, 0) is 11.8 Å². The van der Waals surface area contributed by atoms with E-state index in [-0.39, 0.29) is 11.5 Å². The zero-order valence-corrected chi connectivity index (χ0v) is 10.3. The Labute approximate surface area is 107 Å². The highest BCUT2D eigenvalue weighted by molar-refractivity contribution is 5.33. The Morgan fingerprint density at radius 2 is 1.89 bits per heavy atom. The number of hydrogen-bond donors (Lipinski definition) is 1. The first-order valence-electron chi connectivity index (χ1n) is 6.44. The molecule has 1 aromatic carbocycles. The van der Waals surface area contributed by atoms with Gasteiger partial charge in [0, 0.05) is 24.2 Å². The van der Waals surface area contributed by atoms with Crippen LogP contribution < -0.4 is 0 Å². The Hall–Kier alpha value is -1.67. The van der Waals surface area contributed by atoms with Crippen LogP contribution in [0.4, 0.5) is 0 Å². The third-order valence-electron chi connectivity index (χ3n) is 3.93. The number of nitrogens with zero attached hydrogens (tertiary/aromatic N) is 1. The minimum atomic E-state index is -0.316. The predicted octanol–water partition coefficient (Wildman–Crippen LogP) is 2.72. The summed E-state index contributed by atoms with van der Waals surface area (Å²) in [6, 6.07) is 14.3. The Bertz CT molecular complexity index is 505. The average molecular weight is 239 g/mol. The highest BCUT2D eigenvalue weighted by Gasteiger charge is 2.49. The fourth-order valence-corrected chi connectivity index (χ4v) is 2.66. The molecule has 1 unspecified atom stereocenters. The molecule has 2 aromatic rings. The summed E-state index contributed by atoms with van der Waals surface area (Å²) in [5.41, 5.74) is 2.35. The van der Waals surface area contributed by atoms with Gasteiger partial charge in [-0.05, 0) is 30.0 Å². The van der Waals surface area contributed by atoms with Crippen molar-refractivity contribution in [2.75, 3.05) is 0 Å². The van der Waals surface area contributed by atoms with Gasteiger partial charge in [-0.25, -0.2) is 0 Å². The molecule has 0 amide bonds. The predicted molar refractivity (Wildman–Crippen MR) is 71.3 cm³/mol. The van der Waals surface area contributed by atoms with E-state index in [9.17, 15) is 5.11 Å². The Kier molecular flexibility index (Phi) is 2.88. The number of rotatable bonds is 4. The van der Waals surface area contributed by atoms with Gasteiger partial charge in [0.15, 0.2) is 0 Å². The summed E-state index contributed by atoms with van der Waals surface area (Å²) in [6.07, 6.45) is 6.13. The van der Waals surface area contributed by atoms with Crippen molar-refractivity contribution < 1.29 is 5.11 Å². The number of benzene rings is 1. The maximum absolute atomic E-state index is 10.5. The molecule has 0 spiro atoms. The van der Waals surface area contributed by atoms with Crippen LogP contribution in [0.3, 0.4) is 0 Å². The second-order valence-electron chi connectivity index (χ2n) is 5.10. The van der Waals surface area contributed by atoms with E-state index >= 15 is 0 Å². The molecular weight excluding hydrogens is 222 g/mol. The second-order valence-corrected chi connectivity index (χ2v) is 5.10. The smallest absolute Gasteiger partial charge is 0.0677 e. The lowest BCUT2D eigenvalue weighted by atomic mass is 9.87. The van der Waals surface area contributed by atoms with E-state index < -0.39 is 0 Å². The number of aliphatic hydroxyl groups excluding tert-OH is 1. The van der Waals surface area contributed by atoms with Crippen molar-refractivity contribution in [2.45, 2.75) is 30.8 Å². The molecule has 1 fully saturated rings. The molecule has 2 heteroatoms. The van der Waals surface area contributed by atoms with Gasteiger partial charge in [0.25, 0.3) is 0 Å². The van der Waals surface area contributed by atoms with Gasteiger partial charge in [-0.3, -0.25) is 4.98 Å². The van der Waals surface area contributed by atoms with Crippen molar-refractivity contribution >= 4 is 0 Å². The molecule has 3 rings (SSSR count). The van der Waals surface area contributed by atoms with E-state index in [1.165, 1.54) is 5.56 Å². The highest BCUT2D eigenvalue weighted by Crippen LogP contribution is 2.51. The van der Waals surface area contributed by atoms with Crippen LogP contribution in [0, 0.1) is 0 Å². The molecule has 0 saturated heterocycles.